The second-order valence-corrected chi connectivity index (χ2v) is 4.35. The third-order valence-corrected chi connectivity index (χ3v) is 2.80. The maximum Gasteiger partial charge on any atom is 0.0568 e. The van der Waals surface area contributed by atoms with Gasteiger partial charge in [-0.2, -0.15) is 10.2 Å². The predicted octanol–water partition coefficient (Wildman–Crippen LogP) is 3.83. The Labute approximate surface area is 117 Å². The van der Waals surface area contributed by atoms with E-state index >= 15 is 0 Å². The van der Waals surface area contributed by atoms with Crippen LogP contribution in [0.1, 0.15) is 11.1 Å². The number of anilines is 1. The van der Waals surface area contributed by atoms with Crippen LogP contribution in [0.4, 0.5) is 5.69 Å². The molecule has 2 aromatic rings. The molecule has 1 N–H and O–H groups in total. The summed E-state index contributed by atoms with van der Waals surface area (Å²) in [5.74, 6) is 0. The van der Waals surface area contributed by atoms with Crippen molar-refractivity contribution in [1.29, 1.82) is 0 Å². The van der Waals surface area contributed by atoms with Gasteiger partial charge in [0.25, 0.3) is 0 Å². The van der Waals surface area contributed by atoms with Gasteiger partial charge in [-0.3, -0.25) is 0 Å². The van der Waals surface area contributed by atoms with Crippen molar-refractivity contribution < 1.29 is 0 Å². The molecule has 0 bridgehead atoms. The Morgan fingerprint density at radius 3 is 1.79 bits per heavy atom. The van der Waals surface area contributed by atoms with Crippen LogP contribution in [0.2, 0.25) is 5.02 Å². The van der Waals surface area contributed by atoms with Gasteiger partial charge in [0.1, 0.15) is 0 Å². The fourth-order valence-corrected chi connectivity index (χ4v) is 1.61. The highest BCUT2D eigenvalue weighted by atomic mass is 35.5. The Morgan fingerprint density at radius 1 is 0.842 bits per heavy atom. The van der Waals surface area contributed by atoms with E-state index in [1.807, 2.05) is 55.6 Å². The molecule has 0 heterocycles. The van der Waals surface area contributed by atoms with E-state index < -0.39 is 0 Å². The van der Waals surface area contributed by atoms with Gasteiger partial charge in [0.05, 0.1) is 12.4 Å². The largest absolute Gasteiger partial charge is 0.388 e. The molecule has 0 aliphatic rings. The number of hydrogen-bond donors (Lipinski definition) is 1. The Hall–Kier alpha value is -2.13. The van der Waals surface area contributed by atoms with E-state index in [1.165, 1.54) is 0 Å². The van der Waals surface area contributed by atoms with Crippen LogP contribution in [-0.4, -0.2) is 19.5 Å². The molecule has 0 aliphatic heterocycles. The predicted molar refractivity (Wildman–Crippen MR) is 82.6 cm³/mol. The van der Waals surface area contributed by atoms with Crippen LogP contribution in [-0.2, 0) is 0 Å². The number of nitrogens with zero attached hydrogens (tertiary/aromatic N) is 2. The van der Waals surface area contributed by atoms with Gasteiger partial charge < -0.3 is 5.32 Å². The molecule has 3 nitrogen and oxygen atoms in total. The van der Waals surface area contributed by atoms with E-state index in [2.05, 4.69) is 15.5 Å². The number of rotatable bonds is 4. The summed E-state index contributed by atoms with van der Waals surface area (Å²) in [6, 6.07) is 15.4. The van der Waals surface area contributed by atoms with E-state index in [-0.39, 0.29) is 0 Å². The minimum absolute atomic E-state index is 0.713. The third-order valence-electron chi connectivity index (χ3n) is 2.55. The fraction of sp³-hybridized carbons (Fsp3) is 0.0667. The maximum atomic E-state index is 5.80. The van der Waals surface area contributed by atoms with Crippen molar-refractivity contribution in [1.82, 2.24) is 0 Å². The van der Waals surface area contributed by atoms with Crippen molar-refractivity contribution in [3.8, 4) is 0 Å². The van der Waals surface area contributed by atoms with Gasteiger partial charge in [0.15, 0.2) is 0 Å². The lowest BCUT2D eigenvalue weighted by Gasteiger charge is -1.98. The maximum absolute atomic E-state index is 5.80. The first-order valence-electron chi connectivity index (χ1n) is 5.88. The van der Waals surface area contributed by atoms with Crippen molar-refractivity contribution in [3.05, 3.63) is 64.7 Å². The molecule has 0 fully saturated rings. The van der Waals surface area contributed by atoms with E-state index in [0.717, 1.165) is 16.8 Å². The van der Waals surface area contributed by atoms with Crippen LogP contribution >= 0.6 is 11.6 Å². The smallest absolute Gasteiger partial charge is 0.0568 e. The van der Waals surface area contributed by atoms with Crippen molar-refractivity contribution in [2.75, 3.05) is 12.4 Å². The molecule has 0 atom stereocenters. The minimum Gasteiger partial charge on any atom is -0.388 e. The van der Waals surface area contributed by atoms with E-state index in [0.29, 0.717) is 5.02 Å². The third kappa shape index (κ3) is 4.23. The van der Waals surface area contributed by atoms with Gasteiger partial charge in [0, 0.05) is 17.8 Å². The highest BCUT2D eigenvalue weighted by Gasteiger charge is 1.89. The molecule has 0 aromatic heterocycles. The molecule has 96 valence electrons. The van der Waals surface area contributed by atoms with Crippen LogP contribution in [0.3, 0.4) is 0 Å². The summed E-state index contributed by atoms with van der Waals surface area (Å²) in [6.45, 7) is 0. The fourth-order valence-electron chi connectivity index (χ4n) is 1.48. The van der Waals surface area contributed by atoms with Crippen LogP contribution in [0.15, 0.2) is 58.7 Å². The molecule has 0 aliphatic carbocycles. The topological polar surface area (TPSA) is 36.8 Å². The molecule has 0 amide bonds. The van der Waals surface area contributed by atoms with Crippen molar-refractivity contribution in [2.45, 2.75) is 0 Å². The lowest BCUT2D eigenvalue weighted by atomic mass is 10.2. The van der Waals surface area contributed by atoms with Gasteiger partial charge in [-0.1, -0.05) is 35.9 Å². The number of halogens is 1. The van der Waals surface area contributed by atoms with Gasteiger partial charge in [-0.15, -0.1) is 0 Å². The van der Waals surface area contributed by atoms with Gasteiger partial charge in [-0.05, 0) is 35.4 Å². The Morgan fingerprint density at radius 2 is 1.32 bits per heavy atom. The summed E-state index contributed by atoms with van der Waals surface area (Å²) < 4.78 is 0. The molecule has 0 saturated carbocycles. The van der Waals surface area contributed by atoms with Crippen LogP contribution in [0.5, 0.6) is 0 Å². The zero-order chi connectivity index (χ0) is 13.5. The van der Waals surface area contributed by atoms with E-state index in [9.17, 15) is 0 Å². The summed E-state index contributed by atoms with van der Waals surface area (Å²) in [4.78, 5) is 0. The molecular formula is C15H14ClN3. The lowest BCUT2D eigenvalue weighted by Crippen LogP contribution is -1.87. The molecule has 0 radical (unpaired) electrons. The zero-order valence-corrected chi connectivity index (χ0v) is 11.3. The first-order chi connectivity index (χ1) is 9.28. The summed E-state index contributed by atoms with van der Waals surface area (Å²) in [6.07, 6.45) is 3.40. The van der Waals surface area contributed by atoms with Crippen LogP contribution < -0.4 is 5.32 Å². The van der Waals surface area contributed by atoms with Crippen molar-refractivity contribution in [2.24, 2.45) is 10.2 Å². The van der Waals surface area contributed by atoms with Gasteiger partial charge in [-0.25, -0.2) is 0 Å². The average molecular weight is 272 g/mol. The highest BCUT2D eigenvalue weighted by molar-refractivity contribution is 6.30. The van der Waals surface area contributed by atoms with Gasteiger partial charge >= 0.3 is 0 Å². The van der Waals surface area contributed by atoms with E-state index in [4.69, 9.17) is 11.6 Å². The zero-order valence-electron chi connectivity index (χ0n) is 10.5. The normalized spacial score (nSPS) is 11.3. The molecule has 2 aromatic carbocycles. The molecular weight excluding hydrogens is 258 g/mol. The number of benzene rings is 2. The summed E-state index contributed by atoms with van der Waals surface area (Å²) in [7, 11) is 1.89. The van der Waals surface area contributed by atoms with Crippen molar-refractivity contribution >= 4 is 29.7 Å². The Bertz CT molecular complexity index is 571. The average Bonchev–Trinajstić information content (AvgIpc) is 2.46. The Balaban J connectivity index is 1.96. The van der Waals surface area contributed by atoms with Crippen LogP contribution in [0, 0.1) is 0 Å². The first-order valence-corrected chi connectivity index (χ1v) is 6.25. The van der Waals surface area contributed by atoms with E-state index in [1.54, 1.807) is 12.4 Å². The summed E-state index contributed by atoms with van der Waals surface area (Å²) >= 11 is 5.80. The molecule has 0 saturated heterocycles. The monoisotopic (exact) mass is 271 g/mol. The molecule has 19 heavy (non-hydrogen) atoms. The quantitative estimate of drug-likeness (QED) is 0.666. The minimum atomic E-state index is 0.713. The Kier molecular flexibility index (Phi) is 4.70. The second-order valence-electron chi connectivity index (χ2n) is 3.91. The van der Waals surface area contributed by atoms with Crippen molar-refractivity contribution in [3.63, 3.8) is 0 Å². The molecule has 2 rings (SSSR count). The summed E-state index contributed by atoms with van der Waals surface area (Å²) in [5, 5.41) is 11.8. The molecule has 0 unspecified atom stereocenters. The van der Waals surface area contributed by atoms with Crippen LogP contribution in [0.25, 0.3) is 0 Å². The summed E-state index contributed by atoms with van der Waals surface area (Å²) in [5.41, 5.74) is 3.04. The molecule has 4 heteroatoms. The SMILES string of the molecule is CNc1ccc(/C=N/N=C/c2ccc(Cl)cc2)cc1. The highest BCUT2D eigenvalue weighted by Crippen LogP contribution is 2.08. The second kappa shape index (κ2) is 6.71. The first kappa shape index (κ1) is 13.3. The van der Waals surface area contributed by atoms with Gasteiger partial charge in [0.2, 0.25) is 0 Å². The number of nitrogens with one attached hydrogen (secondary N) is 1. The lowest BCUT2D eigenvalue weighted by molar-refractivity contribution is 1.26. The molecule has 0 spiro atoms. The standard InChI is InChI=1S/C15H14ClN3/c1-17-15-8-4-13(5-9-15)11-19-18-10-12-2-6-14(16)7-3-12/h2-11,17H,1H3/b18-10+,19-11+. The number of hydrogen-bond acceptors (Lipinski definition) is 3.